The van der Waals surface area contributed by atoms with Crippen molar-refractivity contribution in [2.45, 2.75) is 13.3 Å². The van der Waals surface area contributed by atoms with Crippen molar-refractivity contribution in [2.24, 2.45) is 5.92 Å². The normalized spacial score (nSPS) is 21.6. The topological polar surface area (TPSA) is 69.6 Å². The van der Waals surface area contributed by atoms with E-state index in [0.717, 1.165) is 0 Å². The lowest BCUT2D eigenvalue weighted by atomic mass is 10.1. The molecular weight excluding hydrogens is 172 g/mol. The third-order valence-corrected chi connectivity index (χ3v) is 2.15. The molecule has 0 spiro atoms. The molecule has 0 bridgehead atoms. The Hall–Kier alpha value is -1.26. The lowest BCUT2D eigenvalue weighted by Crippen LogP contribution is -2.38. The number of urea groups is 1. The van der Waals surface area contributed by atoms with Crippen molar-refractivity contribution in [3.8, 4) is 0 Å². The summed E-state index contributed by atoms with van der Waals surface area (Å²) in [5.74, 6) is -1.20. The van der Waals surface area contributed by atoms with Gasteiger partial charge in [-0.2, -0.15) is 0 Å². The highest BCUT2D eigenvalue weighted by Crippen LogP contribution is 2.15. The van der Waals surface area contributed by atoms with Gasteiger partial charge in [-0.25, -0.2) is 4.79 Å². The monoisotopic (exact) mass is 186 g/mol. The standard InChI is InChI=1S/C8H14N2O3/c1-2-9-8(13)10-4-3-6(5-10)7(11)12/h6H,2-5H2,1H3,(H,9,13)(H,11,12). The first-order chi connectivity index (χ1) is 6.15. The summed E-state index contributed by atoms with van der Waals surface area (Å²) in [5.41, 5.74) is 0. The number of aliphatic carboxylic acids is 1. The number of rotatable bonds is 2. The maximum Gasteiger partial charge on any atom is 0.317 e. The third-order valence-electron chi connectivity index (χ3n) is 2.15. The van der Waals surface area contributed by atoms with E-state index in [9.17, 15) is 9.59 Å². The summed E-state index contributed by atoms with van der Waals surface area (Å²) in [7, 11) is 0. The zero-order valence-corrected chi connectivity index (χ0v) is 7.62. The van der Waals surface area contributed by atoms with E-state index in [4.69, 9.17) is 5.11 Å². The maximum absolute atomic E-state index is 11.2. The largest absolute Gasteiger partial charge is 0.481 e. The number of carboxylic acid groups (broad SMARTS) is 1. The summed E-state index contributed by atoms with van der Waals surface area (Å²) in [6, 6.07) is -0.161. The molecule has 13 heavy (non-hydrogen) atoms. The summed E-state index contributed by atoms with van der Waals surface area (Å²) in [6.07, 6.45) is 0.562. The molecule has 0 aromatic carbocycles. The Labute approximate surface area is 76.7 Å². The first-order valence-corrected chi connectivity index (χ1v) is 4.40. The SMILES string of the molecule is CCNC(=O)N1CCC(C(=O)O)C1. The minimum absolute atomic E-state index is 0.161. The van der Waals surface area contributed by atoms with Gasteiger partial charge in [-0.1, -0.05) is 0 Å². The van der Waals surface area contributed by atoms with Gasteiger partial charge in [0, 0.05) is 19.6 Å². The molecule has 1 fully saturated rings. The number of nitrogens with one attached hydrogen (secondary N) is 1. The van der Waals surface area contributed by atoms with Crippen molar-refractivity contribution in [1.82, 2.24) is 10.2 Å². The van der Waals surface area contributed by atoms with Gasteiger partial charge in [0.2, 0.25) is 0 Å². The first kappa shape index (κ1) is 9.83. The molecule has 1 unspecified atom stereocenters. The van der Waals surface area contributed by atoms with Gasteiger partial charge in [0.05, 0.1) is 5.92 Å². The van der Waals surface area contributed by atoms with Crippen molar-refractivity contribution in [3.05, 3.63) is 0 Å². The average molecular weight is 186 g/mol. The van der Waals surface area contributed by atoms with Crippen LogP contribution in [0.3, 0.4) is 0 Å². The number of likely N-dealkylation sites (tertiary alicyclic amines) is 1. The number of hydrogen-bond acceptors (Lipinski definition) is 2. The lowest BCUT2D eigenvalue weighted by Gasteiger charge is -2.15. The van der Waals surface area contributed by atoms with E-state index in [1.807, 2.05) is 6.92 Å². The lowest BCUT2D eigenvalue weighted by molar-refractivity contribution is -0.141. The molecule has 74 valence electrons. The van der Waals surface area contributed by atoms with Crippen molar-refractivity contribution < 1.29 is 14.7 Å². The number of amides is 2. The van der Waals surface area contributed by atoms with E-state index in [1.54, 1.807) is 4.90 Å². The molecule has 2 N–H and O–H groups in total. The molecule has 1 rings (SSSR count). The molecule has 0 radical (unpaired) electrons. The molecule has 0 aromatic heterocycles. The van der Waals surface area contributed by atoms with Crippen molar-refractivity contribution >= 4 is 12.0 Å². The molecule has 1 heterocycles. The second kappa shape index (κ2) is 4.11. The van der Waals surface area contributed by atoms with Gasteiger partial charge >= 0.3 is 12.0 Å². The van der Waals surface area contributed by atoms with E-state index in [2.05, 4.69) is 5.32 Å². The number of carbonyl (C=O) groups is 2. The van der Waals surface area contributed by atoms with E-state index >= 15 is 0 Å². The number of carboxylic acids is 1. The van der Waals surface area contributed by atoms with E-state index in [0.29, 0.717) is 26.1 Å². The predicted octanol–water partition coefficient (Wildman–Crippen LogP) is 0.122. The van der Waals surface area contributed by atoms with Crippen LogP contribution in [0.2, 0.25) is 0 Å². The summed E-state index contributed by atoms with van der Waals surface area (Å²) < 4.78 is 0. The zero-order valence-electron chi connectivity index (χ0n) is 7.62. The second-order valence-electron chi connectivity index (χ2n) is 3.11. The highest BCUT2D eigenvalue weighted by Gasteiger charge is 2.30. The molecule has 0 saturated carbocycles. The van der Waals surface area contributed by atoms with Crippen LogP contribution in [0.25, 0.3) is 0 Å². The van der Waals surface area contributed by atoms with E-state index < -0.39 is 5.97 Å². The molecule has 5 nitrogen and oxygen atoms in total. The van der Waals surface area contributed by atoms with Crippen LogP contribution in [0.1, 0.15) is 13.3 Å². The summed E-state index contributed by atoms with van der Waals surface area (Å²) in [5, 5.41) is 11.3. The highest BCUT2D eigenvalue weighted by molar-refractivity contribution is 5.77. The molecule has 2 amide bonds. The fraction of sp³-hybridized carbons (Fsp3) is 0.750. The van der Waals surface area contributed by atoms with Gasteiger partial charge in [-0.05, 0) is 13.3 Å². The van der Waals surface area contributed by atoms with Gasteiger partial charge in [-0.3, -0.25) is 4.79 Å². The molecule has 5 heteroatoms. The van der Waals surface area contributed by atoms with Crippen molar-refractivity contribution in [1.29, 1.82) is 0 Å². The quantitative estimate of drug-likeness (QED) is 0.643. The number of carbonyl (C=O) groups excluding carboxylic acids is 1. The van der Waals surface area contributed by atoms with E-state index in [1.165, 1.54) is 0 Å². The molecule has 1 aliphatic heterocycles. The van der Waals surface area contributed by atoms with Crippen LogP contribution in [0.15, 0.2) is 0 Å². The van der Waals surface area contributed by atoms with Gasteiger partial charge in [0.1, 0.15) is 0 Å². The molecule has 0 aliphatic carbocycles. The van der Waals surface area contributed by atoms with Gasteiger partial charge in [-0.15, -0.1) is 0 Å². The van der Waals surface area contributed by atoms with Crippen LogP contribution in [-0.4, -0.2) is 41.6 Å². The second-order valence-corrected chi connectivity index (χ2v) is 3.11. The molecular formula is C8H14N2O3. The Bertz CT molecular complexity index is 217. The molecule has 1 aliphatic rings. The summed E-state index contributed by atoms with van der Waals surface area (Å²) in [6.45, 7) is 3.29. The van der Waals surface area contributed by atoms with Crippen LogP contribution in [0, 0.1) is 5.92 Å². The van der Waals surface area contributed by atoms with Crippen LogP contribution >= 0.6 is 0 Å². The minimum atomic E-state index is -0.813. The maximum atomic E-state index is 11.2. The Kier molecular flexibility index (Phi) is 3.11. The van der Waals surface area contributed by atoms with Crippen LogP contribution in [0.4, 0.5) is 4.79 Å². The van der Waals surface area contributed by atoms with Crippen LogP contribution in [0.5, 0.6) is 0 Å². The number of nitrogens with zero attached hydrogens (tertiary/aromatic N) is 1. The Morgan fingerprint density at radius 3 is 2.77 bits per heavy atom. The third kappa shape index (κ3) is 2.34. The summed E-state index contributed by atoms with van der Waals surface area (Å²) >= 11 is 0. The predicted molar refractivity (Wildman–Crippen MR) is 46.4 cm³/mol. The molecule has 1 atom stereocenters. The Balaban J connectivity index is 2.40. The van der Waals surface area contributed by atoms with Crippen LogP contribution < -0.4 is 5.32 Å². The fourth-order valence-electron chi connectivity index (χ4n) is 1.41. The van der Waals surface area contributed by atoms with Crippen molar-refractivity contribution in [3.63, 3.8) is 0 Å². The molecule has 1 saturated heterocycles. The summed E-state index contributed by atoms with van der Waals surface area (Å²) in [4.78, 5) is 23.3. The van der Waals surface area contributed by atoms with E-state index in [-0.39, 0.29) is 11.9 Å². The molecule has 0 aromatic rings. The average Bonchev–Trinajstić information content (AvgIpc) is 2.52. The smallest absolute Gasteiger partial charge is 0.317 e. The highest BCUT2D eigenvalue weighted by atomic mass is 16.4. The Morgan fingerprint density at radius 1 is 1.62 bits per heavy atom. The van der Waals surface area contributed by atoms with Gasteiger partial charge in [0.15, 0.2) is 0 Å². The Morgan fingerprint density at radius 2 is 2.31 bits per heavy atom. The van der Waals surface area contributed by atoms with Crippen LogP contribution in [-0.2, 0) is 4.79 Å². The van der Waals surface area contributed by atoms with Gasteiger partial charge < -0.3 is 15.3 Å². The number of hydrogen-bond donors (Lipinski definition) is 2. The fourth-order valence-corrected chi connectivity index (χ4v) is 1.41. The minimum Gasteiger partial charge on any atom is -0.481 e. The zero-order chi connectivity index (χ0) is 9.84. The first-order valence-electron chi connectivity index (χ1n) is 4.40. The van der Waals surface area contributed by atoms with Gasteiger partial charge in [0.25, 0.3) is 0 Å². The van der Waals surface area contributed by atoms with Crippen molar-refractivity contribution in [2.75, 3.05) is 19.6 Å².